The van der Waals surface area contributed by atoms with Crippen LogP contribution in [0.25, 0.3) is 0 Å². The van der Waals surface area contributed by atoms with Gasteiger partial charge in [-0.1, -0.05) is 41.4 Å². The number of nitrogens with two attached hydrogens (primary N) is 1. The molecule has 94 valence electrons. The first-order chi connectivity index (χ1) is 8.56. The van der Waals surface area contributed by atoms with E-state index < -0.39 is 0 Å². The summed E-state index contributed by atoms with van der Waals surface area (Å²) in [6.07, 6.45) is 0. The van der Waals surface area contributed by atoms with Crippen LogP contribution in [0.3, 0.4) is 0 Å². The second kappa shape index (κ2) is 5.27. The number of aromatic nitrogens is 1. The summed E-state index contributed by atoms with van der Waals surface area (Å²) in [6, 6.07) is 11.9. The molecule has 0 aliphatic carbocycles. The molecular formula is C14H16ClN3. The molecule has 0 bridgehead atoms. The highest BCUT2D eigenvalue weighted by atomic mass is 35.5. The first-order valence-electron chi connectivity index (χ1n) is 5.81. The Morgan fingerprint density at radius 2 is 1.83 bits per heavy atom. The van der Waals surface area contributed by atoms with Crippen molar-refractivity contribution in [3.63, 3.8) is 0 Å². The van der Waals surface area contributed by atoms with Gasteiger partial charge < -0.3 is 11.1 Å². The van der Waals surface area contributed by atoms with Crippen LogP contribution in [0, 0.1) is 6.92 Å². The minimum atomic E-state index is 0.124. The maximum absolute atomic E-state index is 5.86. The van der Waals surface area contributed by atoms with Gasteiger partial charge >= 0.3 is 0 Å². The number of benzene rings is 1. The standard InChI is InChI=1S/C14H16ClN3/c1-9-3-5-11(6-4-9)10(2)17-14-12(16)7-8-13(15)18-14/h3-8,10H,16H2,1-2H3,(H,17,18). The van der Waals surface area contributed by atoms with Crippen LogP contribution < -0.4 is 11.1 Å². The molecule has 1 heterocycles. The van der Waals surface area contributed by atoms with Crippen molar-refractivity contribution in [2.75, 3.05) is 11.1 Å². The highest BCUT2D eigenvalue weighted by molar-refractivity contribution is 6.29. The van der Waals surface area contributed by atoms with Gasteiger partial charge in [-0.15, -0.1) is 0 Å². The van der Waals surface area contributed by atoms with Gasteiger partial charge in [0.15, 0.2) is 5.82 Å². The van der Waals surface area contributed by atoms with Crippen molar-refractivity contribution in [3.05, 3.63) is 52.7 Å². The summed E-state index contributed by atoms with van der Waals surface area (Å²) in [6.45, 7) is 4.13. The molecule has 0 spiro atoms. The molecule has 18 heavy (non-hydrogen) atoms. The van der Waals surface area contributed by atoms with Gasteiger partial charge in [0.1, 0.15) is 5.15 Å². The van der Waals surface area contributed by atoms with Crippen LogP contribution in [-0.2, 0) is 0 Å². The second-order valence-electron chi connectivity index (χ2n) is 4.35. The summed E-state index contributed by atoms with van der Waals surface area (Å²) in [7, 11) is 0. The molecule has 2 rings (SSSR count). The lowest BCUT2D eigenvalue weighted by molar-refractivity contribution is 0.875. The number of halogens is 1. The monoisotopic (exact) mass is 261 g/mol. The number of nitrogen functional groups attached to an aromatic ring is 1. The topological polar surface area (TPSA) is 50.9 Å². The van der Waals surface area contributed by atoms with E-state index >= 15 is 0 Å². The molecule has 0 saturated heterocycles. The van der Waals surface area contributed by atoms with Gasteiger partial charge in [0, 0.05) is 0 Å². The summed E-state index contributed by atoms with van der Waals surface area (Å²) < 4.78 is 0. The van der Waals surface area contributed by atoms with Crippen molar-refractivity contribution in [2.24, 2.45) is 0 Å². The summed E-state index contributed by atoms with van der Waals surface area (Å²) in [5.41, 5.74) is 8.88. The molecule has 4 heteroatoms. The Hall–Kier alpha value is -1.74. The fourth-order valence-electron chi connectivity index (χ4n) is 1.71. The molecule has 1 aromatic heterocycles. The van der Waals surface area contributed by atoms with Gasteiger partial charge in [-0.3, -0.25) is 0 Å². The van der Waals surface area contributed by atoms with Crippen molar-refractivity contribution < 1.29 is 0 Å². The number of aryl methyl sites for hydroxylation is 1. The maximum atomic E-state index is 5.86. The molecule has 0 saturated carbocycles. The third-order valence-corrected chi connectivity index (χ3v) is 3.03. The Bertz CT molecular complexity index is 537. The fourth-order valence-corrected chi connectivity index (χ4v) is 1.85. The Kier molecular flexibility index (Phi) is 3.72. The Labute approximate surface area is 112 Å². The van der Waals surface area contributed by atoms with Gasteiger partial charge in [-0.05, 0) is 31.5 Å². The lowest BCUT2D eigenvalue weighted by Crippen LogP contribution is -2.09. The van der Waals surface area contributed by atoms with Gasteiger partial charge in [0.05, 0.1) is 11.7 Å². The van der Waals surface area contributed by atoms with Crippen LogP contribution in [0.4, 0.5) is 11.5 Å². The van der Waals surface area contributed by atoms with Crippen molar-refractivity contribution >= 4 is 23.1 Å². The number of anilines is 2. The van der Waals surface area contributed by atoms with Crippen LogP contribution >= 0.6 is 11.6 Å². The highest BCUT2D eigenvalue weighted by Gasteiger charge is 2.08. The molecule has 1 aromatic carbocycles. The molecule has 0 aliphatic rings. The van der Waals surface area contributed by atoms with Crippen LogP contribution in [0.2, 0.25) is 5.15 Å². The molecule has 3 N–H and O–H groups in total. The number of nitrogens with zero attached hydrogens (tertiary/aromatic N) is 1. The molecule has 0 amide bonds. The van der Waals surface area contributed by atoms with Crippen molar-refractivity contribution in [1.29, 1.82) is 0 Å². The largest absolute Gasteiger partial charge is 0.396 e. The van der Waals surface area contributed by atoms with Gasteiger partial charge in [0.25, 0.3) is 0 Å². The summed E-state index contributed by atoms with van der Waals surface area (Å²) in [5.74, 6) is 0.621. The van der Waals surface area contributed by atoms with E-state index in [9.17, 15) is 0 Å². The van der Waals surface area contributed by atoms with Crippen LogP contribution in [-0.4, -0.2) is 4.98 Å². The number of nitrogens with one attached hydrogen (secondary N) is 1. The molecule has 3 nitrogen and oxygen atoms in total. The minimum Gasteiger partial charge on any atom is -0.396 e. The quantitative estimate of drug-likeness (QED) is 0.827. The predicted molar refractivity (Wildman–Crippen MR) is 76.9 cm³/mol. The SMILES string of the molecule is Cc1ccc(C(C)Nc2nc(Cl)ccc2N)cc1. The number of hydrogen-bond donors (Lipinski definition) is 2. The van der Waals surface area contributed by atoms with E-state index in [2.05, 4.69) is 48.4 Å². The highest BCUT2D eigenvalue weighted by Crippen LogP contribution is 2.24. The first-order valence-corrected chi connectivity index (χ1v) is 6.19. The number of hydrogen-bond acceptors (Lipinski definition) is 3. The number of rotatable bonds is 3. The molecule has 0 radical (unpaired) electrons. The average molecular weight is 262 g/mol. The molecule has 2 aromatic rings. The zero-order chi connectivity index (χ0) is 13.1. The van der Waals surface area contributed by atoms with Crippen LogP contribution in [0.15, 0.2) is 36.4 Å². The van der Waals surface area contributed by atoms with Crippen molar-refractivity contribution in [3.8, 4) is 0 Å². The normalized spacial score (nSPS) is 12.2. The van der Waals surface area contributed by atoms with Crippen molar-refractivity contribution in [1.82, 2.24) is 4.98 Å². The Morgan fingerprint density at radius 3 is 2.50 bits per heavy atom. The van der Waals surface area contributed by atoms with E-state index in [0.29, 0.717) is 16.7 Å². The Morgan fingerprint density at radius 1 is 1.17 bits per heavy atom. The summed E-state index contributed by atoms with van der Waals surface area (Å²) in [5, 5.41) is 3.70. The van der Waals surface area contributed by atoms with E-state index in [4.69, 9.17) is 17.3 Å². The van der Waals surface area contributed by atoms with Gasteiger partial charge in [0.2, 0.25) is 0 Å². The molecule has 1 atom stereocenters. The third-order valence-electron chi connectivity index (χ3n) is 2.82. The zero-order valence-electron chi connectivity index (χ0n) is 10.4. The fraction of sp³-hybridized carbons (Fsp3) is 0.214. The smallest absolute Gasteiger partial charge is 0.151 e. The summed E-state index contributed by atoms with van der Waals surface area (Å²) >= 11 is 5.86. The van der Waals surface area contributed by atoms with Crippen molar-refractivity contribution in [2.45, 2.75) is 19.9 Å². The van der Waals surface area contributed by atoms with E-state index in [1.165, 1.54) is 11.1 Å². The van der Waals surface area contributed by atoms with Gasteiger partial charge in [-0.2, -0.15) is 0 Å². The minimum absolute atomic E-state index is 0.124. The van der Waals surface area contributed by atoms with Crippen LogP contribution in [0.5, 0.6) is 0 Å². The molecule has 0 aliphatic heterocycles. The van der Waals surface area contributed by atoms with Crippen LogP contribution in [0.1, 0.15) is 24.1 Å². The van der Waals surface area contributed by atoms with Gasteiger partial charge in [-0.25, -0.2) is 4.98 Å². The lowest BCUT2D eigenvalue weighted by atomic mass is 10.1. The maximum Gasteiger partial charge on any atom is 0.151 e. The summed E-state index contributed by atoms with van der Waals surface area (Å²) in [4.78, 5) is 4.19. The lowest BCUT2D eigenvalue weighted by Gasteiger charge is -2.16. The first kappa shape index (κ1) is 12.7. The average Bonchev–Trinajstić information content (AvgIpc) is 2.34. The number of pyridine rings is 1. The third kappa shape index (κ3) is 2.93. The molecule has 1 unspecified atom stereocenters. The second-order valence-corrected chi connectivity index (χ2v) is 4.74. The Balaban J connectivity index is 2.18. The molecule has 0 fully saturated rings. The van der Waals surface area contributed by atoms with E-state index in [-0.39, 0.29) is 6.04 Å². The zero-order valence-corrected chi connectivity index (χ0v) is 11.2. The van der Waals surface area contributed by atoms with E-state index in [1.807, 2.05) is 0 Å². The van der Waals surface area contributed by atoms with E-state index in [0.717, 1.165) is 0 Å². The predicted octanol–water partition coefficient (Wildman–Crippen LogP) is 3.80. The molecular weight excluding hydrogens is 246 g/mol. The van der Waals surface area contributed by atoms with E-state index in [1.54, 1.807) is 12.1 Å².